The summed E-state index contributed by atoms with van der Waals surface area (Å²) in [4.78, 5) is 46.0. The molecule has 36 heavy (non-hydrogen) atoms. The van der Waals surface area contributed by atoms with Crippen molar-refractivity contribution in [2.75, 3.05) is 20.3 Å². The third-order valence-corrected chi connectivity index (χ3v) is 6.54. The molecule has 1 saturated heterocycles. The number of primary amides is 2. The van der Waals surface area contributed by atoms with Crippen molar-refractivity contribution in [1.29, 1.82) is 0 Å². The lowest BCUT2D eigenvalue weighted by atomic mass is 9.97. The summed E-state index contributed by atoms with van der Waals surface area (Å²) in [6.45, 7) is 0.839. The van der Waals surface area contributed by atoms with Gasteiger partial charge in [-0.15, -0.1) is 0 Å². The van der Waals surface area contributed by atoms with Gasteiger partial charge < -0.3 is 25.7 Å². The average Bonchev–Trinajstić information content (AvgIpc) is 3.60. The topological polar surface area (TPSA) is 165 Å². The van der Waals surface area contributed by atoms with Crippen LogP contribution in [-0.2, 0) is 19.2 Å². The number of nitrogens with two attached hydrogens (primary N) is 2. The van der Waals surface area contributed by atoms with Crippen LogP contribution in [0.5, 0.6) is 17.2 Å². The molecular weight excluding hydrogens is 468 g/mol. The predicted molar refractivity (Wildman–Crippen MR) is 126 cm³/mol. The monoisotopic (exact) mass is 492 g/mol. The second-order valence-electron chi connectivity index (χ2n) is 8.71. The molecular formula is C25H24N4O7. The van der Waals surface area contributed by atoms with Crippen LogP contribution in [0, 0.1) is 5.41 Å². The second kappa shape index (κ2) is 9.10. The number of carbonyl (C=O) groups excluding carboxylic acids is 3. The predicted octanol–water partition coefficient (Wildman–Crippen LogP) is 1.54. The van der Waals surface area contributed by atoms with Crippen molar-refractivity contribution in [3.63, 3.8) is 0 Å². The molecule has 2 heterocycles. The number of nitrogens with one attached hydrogen (secondary N) is 1. The molecule has 0 bridgehead atoms. The molecule has 11 heteroatoms. The lowest BCUT2D eigenvalue weighted by Gasteiger charge is -2.25. The van der Waals surface area contributed by atoms with Crippen molar-refractivity contribution in [2.24, 2.45) is 16.9 Å². The van der Waals surface area contributed by atoms with Gasteiger partial charge in [0.15, 0.2) is 0 Å². The minimum atomic E-state index is -1.34. The fourth-order valence-corrected chi connectivity index (χ4v) is 4.28. The maximum atomic E-state index is 12.8. The molecule has 2 fully saturated rings. The number of ether oxygens (including phenoxy) is 3. The number of amides is 3. The van der Waals surface area contributed by atoms with Crippen LogP contribution in [0.4, 0.5) is 0 Å². The molecule has 1 aromatic heterocycles. The average molecular weight is 492 g/mol. The Hall–Kier alpha value is -4.22. The highest BCUT2D eigenvalue weighted by atomic mass is 16.7. The molecule has 2 aliphatic rings. The van der Waals surface area contributed by atoms with Gasteiger partial charge in [0.2, 0.25) is 11.8 Å². The molecule has 1 aliphatic heterocycles. The number of pyridine rings is 1. The number of hydrogen-bond donors (Lipinski definition) is 3. The zero-order valence-electron chi connectivity index (χ0n) is 19.4. The Morgan fingerprint density at radius 2 is 1.78 bits per heavy atom. The number of aromatic nitrogens is 1. The molecule has 2 aromatic carbocycles. The van der Waals surface area contributed by atoms with Gasteiger partial charge in [-0.1, -0.05) is 12.1 Å². The molecule has 0 radical (unpaired) electrons. The van der Waals surface area contributed by atoms with E-state index in [0.29, 0.717) is 41.4 Å². The first kappa shape index (κ1) is 23.5. The summed E-state index contributed by atoms with van der Waals surface area (Å²) in [6, 6.07) is 11.9. The van der Waals surface area contributed by atoms with E-state index in [4.69, 9.17) is 30.5 Å². The summed E-state index contributed by atoms with van der Waals surface area (Å²) >= 11 is 0. The molecule has 3 aromatic rings. The van der Waals surface area contributed by atoms with E-state index in [1.165, 1.54) is 7.11 Å². The summed E-state index contributed by atoms with van der Waals surface area (Å²) in [5.74, 6) is -0.962. The zero-order valence-corrected chi connectivity index (χ0v) is 19.4. The molecule has 5 N–H and O–H groups in total. The van der Waals surface area contributed by atoms with Gasteiger partial charge >= 0.3 is 0 Å². The van der Waals surface area contributed by atoms with Crippen molar-refractivity contribution in [2.45, 2.75) is 18.4 Å². The Kier molecular flexibility index (Phi) is 5.94. The minimum Gasteiger partial charge on any atom is -0.496 e. The van der Waals surface area contributed by atoms with Gasteiger partial charge in [-0.2, -0.15) is 0 Å². The van der Waals surface area contributed by atoms with E-state index in [-0.39, 0.29) is 24.0 Å². The summed E-state index contributed by atoms with van der Waals surface area (Å²) in [5, 5.41) is 0.586. The maximum Gasteiger partial charge on any atom is 0.278 e. The van der Waals surface area contributed by atoms with E-state index >= 15 is 0 Å². The van der Waals surface area contributed by atoms with Crippen molar-refractivity contribution in [3.05, 3.63) is 59.8 Å². The van der Waals surface area contributed by atoms with Crippen LogP contribution in [0.1, 0.15) is 28.3 Å². The fraction of sp³-hybridized carbons (Fsp3) is 0.280. The number of hydroxylamine groups is 1. The van der Waals surface area contributed by atoms with Crippen molar-refractivity contribution >= 4 is 28.6 Å². The third kappa shape index (κ3) is 4.08. The highest BCUT2D eigenvalue weighted by Crippen LogP contribution is 2.59. The number of nitrogens with zero attached hydrogens (tertiary/aromatic N) is 1. The molecule has 1 atom stereocenters. The van der Waals surface area contributed by atoms with Gasteiger partial charge in [0.05, 0.1) is 31.4 Å². The van der Waals surface area contributed by atoms with Gasteiger partial charge in [0, 0.05) is 23.6 Å². The highest BCUT2D eigenvalue weighted by Gasteiger charge is 2.64. The molecule has 11 nitrogen and oxygen atoms in total. The van der Waals surface area contributed by atoms with Crippen LogP contribution in [0.3, 0.4) is 0 Å². The van der Waals surface area contributed by atoms with Crippen LogP contribution < -0.4 is 26.4 Å². The molecule has 3 amide bonds. The summed E-state index contributed by atoms with van der Waals surface area (Å²) in [5.41, 5.74) is 13.5. The molecule has 0 spiro atoms. The van der Waals surface area contributed by atoms with E-state index in [9.17, 15) is 14.4 Å². The first-order valence-corrected chi connectivity index (χ1v) is 11.2. The quantitative estimate of drug-likeness (QED) is 0.299. The highest BCUT2D eigenvalue weighted by molar-refractivity contribution is 6.08. The lowest BCUT2D eigenvalue weighted by molar-refractivity contribution is -0.152. The SMILES string of the molecule is COc1cc2nccc(Oc3ccc(C4CC4(C(N)=O)C(N)=O)cc3)c2cc1C(=O)NOC1COC1. The van der Waals surface area contributed by atoms with Gasteiger partial charge in [0.1, 0.15) is 28.8 Å². The van der Waals surface area contributed by atoms with Crippen molar-refractivity contribution in [1.82, 2.24) is 10.5 Å². The Bertz CT molecular complexity index is 1340. The first-order chi connectivity index (χ1) is 17.3. The van der Waals surface area contributed by atoms with E-state index < -0.39 is 23.1 Å². The minimum absolute atomic E-state index is 0.185. The number of hydrogen-bond acceptors (Lipinski definition) is 8. The van der Waals surface area contributed by atoms with Crippen LogP contribution in [0.15, 0.2) is 48.7 Å². The van der Waals surface area contributed by atoms with Crippen LogP contribution in [-0.4, -0.2) is 49.1 Å². The van der Waals surface area contributed by atoms with E-state index in [0.717, 1.165) is 5.56 Å². The molecule has 186 valence electrons. The molecule has 5 rings (SSSR count). The van der Waals surface area contributed by atoms with Crippen molar-refractivity contribution < 1.29 is 33.4 Å². The lowest BCUT2D eigenvalue weighted by Crippen LogP contribution is -2.41. The molecule has 1 saturated carbocycles. The largest absolute Gasteiger partial charge is 0.496 e. The Labute approximate surface area is 205 Å². The summed E-state index contributed by atoms with van der Waals surface area (Å²) < 4.78 is 16.5. The van der Waals surface area contributed by atoms with Crippen LogP contribution >= 0.6 is 0 Å². The van der Waals surface area contributed by atoms with Crippen molar-refractivity contribution in [3.8, 4) is 17.2 Å². The third-order valence-electron chi connectivity index (χ3n) is 6.54. The molecule has 1 aliphatic carbocycles. The number of rotatable bonds is 9. The Morgan fingerprint density at radius 3 is 2.36 bits per heavy atom. The maximum absolute atomic E-state index is 12.8. The number of benzene rings is 2. The number of carbonyl (C=O) groups is 3. The molecule has 1 unspecified atom stereocenters. The van der Waals surface area contributed by atoms with E-state index in [1.54, 1.807) is 48.7 Å². The van der Waals surface area contributed by atoms with E-state index in [2.05, 4.69) is 10.5 Å². The van der Waals surface area contributed by atoms with Gasteiger partial charge in [-0.25, -0.2) is 5.48 Å². The van der Waals surface area contributed by atoms with Gasteiger partial charge in [-0.3, -0.25) is 24.2 Å². The van der Waals surface area contributed by atoms with Gasteiger partial charge in [-0.05, 0) is 36.2 Å². The smallest absolute Gasteiger partial charge is 0.278 e. The Morgan fingerprint density at radius 1 is 1.06 bits per heavy atom. The summed E-state index contributed by atoms with van der Waals surface area (Å²) in [6.07, 6.45) is 1.69. The standard InChI is InChI=1S/C25H24N4O7/c1-33-21-9-19-16(8-17(21)22(30)29-36-15-11-34-12-15)20(6-7-28-19)35-14-4-2-13(3-5-14)18-10-25(18,23(26)31)24(27)32/h2-9,15,18H,10-12H2,1H3,(H2,26,31)(H2,27,32)(H,29,30). The Balaban J connectivity index is 1.38. The first-order valence-electron chi connectivity index (χ1n) is 11.2. The zero-order chi connectivity index (χ0) is 25.4. The van der Waals surface area contributed by atoms with Gasteiger partial charge in [0.25, 0.3) is 5.91 Å². The second-order valence-corrected chi connectivity index (χ2v) is 8.71. The summed E-state index contributed by atoms with van der Waals surface area (Å²) in [7, 11) is 1.46. The van der Waals surface area contributed by atoms with Crippen LogP contribution in [0.2, 0.25) is 0 Å². The number of methoxy groups -OCH3 is 1. The fourth-order valence-electron chi connectivity index (χ4n) is 4.28. The van der Waals surface area contributed by atoms with E-state index in [1.807, 2.05) is 0 Å². The normalized spacial score (nSPS) is 18.2. The number of fused-ring (bicyclic) bond motifs is 1. The van der Waals surface area contributed by atoms with Crippen LogP contribution in [0.25, 0.3) is 10.9 Å².